The summed E-state index contributed by atoms with van der Waals surface area (Å²) in [6.07, 6.45) is -6.13. The summed E-state index contributed by atoms with van der Waals surface area (Å²) in [5.74, 6) is -3.77. The number of carbonyl (C=O) groups excluding carboxylic acids is 2. The number of carbonyl (C=O) groups is 2. The molecule has 16 heteroatoms. The van der Waals surface area contributed by atoms with Crippen molar-refractivity contribution in [1.29, 1.82) is 0 Å². The van der Waals surface area contributed by atoms with Crippen LogP contribution in [0.15, 0.2) is 47.4 Å². The number of nitrogens with zero attached hydrogens (tertiary/aromatic N) is 4. The monoisotopic (exact) mass is 731 g/mol. The van der Waals surface area contributed by atoms with Crippen LogP contribution in [0.4, 0.5) is 26.3 Å². The zero-order chi connectivity index (χ0) is 37.6. The van der Waals surface area contributed by atoms with Gasteiger partial charge < -0.3 is 14.8 Å². The third-order valence-electron chi connectivity index (χ3n) is 9.32. The molecule has 1 N–H and O–H groups in total. The number of alkyl halides is 4. The van der Waals surface area contributed by atoms with Gasteiger partial charge in [0.15, 0.2) is 0 Å². The van der Waals surface area contributed by atoms with Crippen LogP contribution in [0.1, 0.15) is 58.9 Å². The number of amides is 1. The van der Waals surface area contributed by atoms with Gasteiger partial charge in [-0.2, -0.15) is 13.2 Å². The van der Waals surface area contributed by atoms with Crippen molar-refractivity contribution in [3.63, 3.8) is 0 Å². The Balaban J connectivity index is 1.58. The molecule has 4 bridgehead atoms. The predicted octanol–water partition coefficient (Wildman–Crippen LogP) is 5.86. The summed E-state index contributed by atoms with van der Waals surface area (Å²) in [5.41, 5.74) is -2.02. The quantitative estimate of drug-likeness (QED) is 0.187. The number of rotatable bonds is 7. The van der Waals surface area contributed by atoms with Crippen molar-refractivity contribution in [2.75, 3.05) is 26.2 Å². The van der Waals surface area contributed by atoms with Gasteiger partial charge in [0.05, 0.1) is 30.2 Å². The van der Waals surface area contributed by atoms with Crippen LogP contribution in [-0.4, -0.2) is 63.5 Å². The lowest BCUT2D eigenvalue weighted by atomic mass is 9.94. The number of nitrogens with one attached hydrogen (secondary N) is 1. The van der Waals surface area contributed by atoms with Gasteiger partial charge in [0.2, 0.25) is 11.8 Å². The number of hydrogen-bond donors (Lipinski definition) is 1. The first-order valence-corrected chi connectivity index (χ1v) is 16.5. The average molecular weight is 732 g/mol. The summed E-state index contributed by atoms with van der Waals surface area (Å²) < 4.78 is 102. The molecule has 1 amide bonds. The minimum absolute atomic E-state index is 0.0126. The maximum absolute atomic E-state index is 16.1. The van der Waals surface area contributed by atoms with Crippen molar-refractivity contribution in [2.45, 2.75) is 58.0 Å². The predicted molar refractivity (Wildman–Crippen MR) is 176 cm³/mol. The van der Waals surface area contributed by atoms with Gasteiger partial charge in [-0.05, 0) is 74.2 Å². The molecule has 2 aromatic heterocycles. The summed E-state index contributed by atoms with van der Waals surface area (Å²) in [6, 6.07) is 3.16. The van der Waals surface area contributed by atoms with E-state index in [-0.39, 0.29) is 55.4 Å². The van der Waals surface area contributed by atoms with Crippen molar-refractivity contribution in [2.24, 2.45) is 7.05 Å². The zero-order valence-corrected chi connectivity index (χ0v) is 28.6. The number of ether oxygens (including phenoxy) is 2. The van der Waals surface area contributed by atoms with Crippen molar-refractivity contribution >= 4 is 11.9 Å². The first-order chi connectivity index (χ1) is 24.5. The average Bonchev–Trinajstić information content (AvgIpc) is 3.33. The first-order valence-electron chi connectivity index (χ1n) is 16.5. The summed E-state index contributed by atoms with van der Waals surface area (Å²) in [6.45, 7) is 4.80. The standard InChI is InChI=1S/C36H35F6N5O5/c1-5-51-30(49)14-28-25-11-21(10-18(2)32(25)39)31-19(3)45(4)44-35(31)52-23-6-7-27(38)24(12-23)33(34(50)43-28)47-15-20(8-9-46-16-22(37)17-46)26(13-29(47)48)36(40,41)42/h6-7,10-13,15,22,28,33H,5,8-9,14,16-17H2,1-4H3,(H,43,50)/t28-,33-/m0/s1. The van der Waals surface area contributed by atoms with Crippen molar-refractivity contribution < 1.29 is 45.4 Å². The fourth-order valence-electron chi connectivity index (χ4n) is 6.60. The Morgan fingerprint density at radius 3 is 2.48 bits per heavy atom. The molecule has 276 valence electrons. The molecule has 4 aromatic rings. The van der Waals surface area contributed by atoms with Gasteiger partial charge >= 0.3 is 12.1 Å². The third-order valence-corrected chi connectivity index (χ3v) is 9.32. The minimum atomic E-state index is -4.97. The Labute approximate surface area is 293 Å². The molecule has 6 rings (SSSR count). The summed E-state index contributed by atoms with van der Waals surface area (Å²) >= 11 is 0. The Morgan fingerprint density at radius 2 is 1.81 bits per heavy atom. The number of esters is 1. The molecule has 0 spiro atoms. The smallest absolute Gasteiger partial charge is 0.416 e. The first kappa shape index (κ1) is 36.7. The molecule has 2 aliphatic heterocycles. The van der Waals surface area contributed by atoms with Crippen LogP contribution in [0.25, 0.3) is 11.1 Å². The van der Waals surface area contributed by atoms with Crippen LogP contribution >= 0.6 is 0 Å². The van der Waals surface area contributed by atoms with Crippen LogP contribution in [0.5, 0.6) is 11.6 Å². The Morgan fingerprint density at radius 1 is 1.08 bits per heavy atom. The van der Waals surface area contributed by atoms with Crippen molar-refractivity contribution in [3.05, 3.63) is 98.1 Å². The molecule has 2 atom stereocenters. The summed E-state index contributed by atoms with van der Waals surface area (Å²) in [5, 5.41) is 7.01. The Kier molecular flexibility index (Phi) is 9.96. The highest BCUT2D eigenvalue weighted by molar-refractivity contribution is 5.85. The summed E-state index contributed by atoms with van der Waals surface area (Å²) in [4.78, 5) is 42.5. The maximum atomic E-state index is 16.1. The molecule has 0 saturated carbocycles. The molecule has 1 fully saturated rings. The molecule has 1 saturated heterocycles. The van der Waals surface area contributed by atoms with E-state index >= 15 is 8.78 Å². The molecule has 0 radical (unpaired) electrons. The summed E-state index contributed by atoms with van der Waals surface area (Å²) in [7, 11) is 1.65. The fourth-order valence-corrected chi connectivity index (χ4v) is 6.60. The molecule has 0 unspecified atom stereocenters. The molecule has 2 aliphatic rings. The normalized spacial score (nSPS) is 17.9. The minimum Gasteiger partial charge on any atom is -0.466 e. The number of benzene rings is 2. The highest BCUT2D eigenvalue weighted by Gasteiger charge is 2.38. The molecular formula is C36H35F6N5O5. The Hall–Kier alpha value is -5.12. The number of pyridine rings is 1. The lowest BCUT2D eigenvalue weighted by molar-refractivity contribution is -0.144. The van der Waals surface area contributed by atoms with E-state index in [9.17, 15) is 31.9 Å². The lowest BCUT2D eigenvalue weighted by Gasteiger charge is -2.34. The van der Waals surface area contributed by atoms with E-state index in [4.69, 9.17) is 9.47 Å². The molecule has 52 heavy (non-hydrogen) atoms. The SMILES string of the molecule is CCOC(=O)C[C@@H]1NC(=O)[C@@H](n2cc(CCN3CC(F)C3)c(C(F)(F)F)cc2=O)c2cc(ccc2F)Oc2nn(C)c(C)c2-c2cc(C)c(F)c1c2. The molecule has 2 aromatic carbocycles. The Bertz CT molecular complexity index is 2110. The van der Waals surface area contributed by atoms with Crippen LogP contribution in [0.3, 0.4) is 0 Å². The van der Waals surface area contributed by atoms with Gasteiger partial charge in [0.25, 0.3) is 5.56 Å². The van der Waals surface area contributed by atoms with Crippen molar-refractivity contribution in [1.82, 2.24) is 24.6 Å². The van der Waals surface area contributed by atoms with Crippen LogP contribution < -0.4 is 15.6 Å². The van der Waals surface area contributed by atoms with Gasteiger partial charge in [0, 0.05) is 55.8 Å². The van der Waals surface area contributed by atoms with Gasteiger partial charge in [-0.15, -0.1) is 5.10 Å². The number of aromatic nitrogens is 3. The molecule has 4 heterocycles. The van der Waals surface area contributed by atoms with E-state index in [1.165, 1.54) is 29.8 Å². The number of likely N-dealkylation sites (tertiary alicyclic amines) is 1. The highest BCUT2D eigenvalue weighted by Crippen LogP contribution is 2.40. The highest BCUT2D eigenvalue weighted by atomic mass is 19.4. The van der Waals surface area contributed by atoms with Crippen LogP contribution in [-0.2, 0) is 34.0 Å². The topological polar surface area (TPSA) is 108 Å². The van der Waals surface area contributed by atoms with E-state index in [1.54, 1.807) is 25.8 Å². The van der Waals surface area contributed by atoms with Crippen molar-refractivity contribution in [3.8, 4) is 22.8 Å². The van der Waals surface area contributed by atoms with E-state index in [1.807, 2.05) is 0 Å². The fraction of sp³-hybridized carbons (Fsp3) is 0.389. The van der Waals surface area contributed by atoms with E-state index < -0.39 is 76.6 Å². The number of hydrogen-bond acceptors (Lipinski definition) is 7. The number of halogens is 6. The van der Waals surface area contributed by atoms with Gasteiger partial charge in [-0.1, -0.05) is 0 Å². The number of aryl methyl sites for hydroxylation is 2. The van der Waals surface area contributed by atoms with Gasteiger partial charge in [0.1, 0.15) is 29.6 Å². The molecular weight excluding hydrogens is 696 g/mol. The zero-order valence-electron chi connectivity index (χ0n) is 28.6. The molecule has 10 nitrogen and oxygen atoms in total. The lowest BCUT2D eigenvalue weighted by Crippen LogP contribution is -2.49. The van der Waals surface area contributed by atoms with E-state index in [0.29, 0.717) is 27.5 Å². The van der Waals surface area contributed by atoms with Gasteiger partial charge in [-0.25, -0.2) is 13.2 Å². The maximum Gasteiger partial charge on any atom is 0.416 e. The van der Waals surface area contributed by atoms with Crippen LogP contribution in [0.2, 0.25) is 0 Å². The van der Waals surface area contributed by atoms with E-state index in [0.717, 1.165) is 18.3 Å². The molecule has 0 aliphatic carbocycles. The van der Waals surface area contributed by atoms with Gasteiger partial charge in [-0.3, -0.25) is 28.5 Å². The second-order valence-corrected chi connectivity index (χ2v) is 12.9. The second-order valence-electron chi connectivity index (χ2n) is 12.9. The van der Waals surface area contributed by atoms with E-state index in [2.05, 4.69) is 10.4 Å². The second kappa shape index (κ2) is 14.1. The van der Waals surface area contributed by atoms with Crippen LogP contribution in [0, 0.1) is 25.5 Å². The number of fused-ring (bicyclic) bond motifs is 6. The largest absolute Gasteiger partial charge is 0.466 e. The third kappa shape index (κ3) is 7.16.